The highest BCUT2D eigenvalue weighted by Gasteiger charge is 2.31. The fourth-order valence-corrected chi connectivity index (χ4v) is 3.16. The molecule has 2 heterocycles. The number of rotatable bonds is 7. The standard InChI is InChI=1S/C18H18F3N5O3S/c1-30(28,29)23-9-8-12-2-4-13(5-3-12)17(27)22-10-16-25-24-15-7-6-14(11-26(15)16)18(19,20)21/h2-7,11,23H,8-10H2,1H3,(H,22,27). The van der Waals surface area contributed by atoms with Crippen molar-refractivity contribution in [2.45, 2.75) is 19.1 Å². The van der Waals surface area contributed by atoms with E-state index in [2.05, 4.69) is 20.2 Å². The molecule has 0 fully saturated rings. The zero-order chi connectivity index (χ0) is 21.9. The summed E-state index contributed by atoms with van der Waals surface area (Å²) >= 11 is 0. The van der Waals surface area contributed by atoms with E-state index in [1.165, 1.54) is 10.5 Å². The lowest BCUT2D eigenvalue weighted by molar-refractivity contribution is -0.137. The van der Waals surface area contributed by atoms with Gasteiger partial charge < -0.3 is 5.32 Å². The minimum absolute atomic E-state index is 0.110. The molecule has 0 bridgehead atoms. The molecule has 30 heavy (non-hydrogen) atoms. The number of amides is 1. The van der Waals surface area contributed by atoms with E-state index in [1.807, 2.05) is 0 Å². The van der Waals surface area contributed by atoms with E-state index in [9.17, 15) is 26.4 Å². The highest BCUT2D eigenvalue weighted by Crippen LogP contribution is 2.29. The maximum atomic E-state index is 12.9. The van der Waals surface area contributed by atoms with Gasteiger partial charge in [0.15, 0.2) is 11.5 Å². The van der Waals surface area contributed by atoms with Crippen LogP contribution in [0.15, 0.2) is 42.6 Å². The van der Waals surface area contributed by atoms with Gasteiger partial charge in [0.1, 0.15) is 0 Å². The van der Waals surface area contributed by atoms with E-state index in [-0.39, 0.29) is 24.6 Å². The van der Waals surface area contributed by atoms with Gasteiger partial charge in [0.25, 0.3) is 5.91 Å². The van der Waals surface area contributed by atoms with Crippen molar-refractivity contribution in [1.82, 2.24) is 24.6 Å². The van der Waals surface area contributed by atoms with Crippen LogP contribution in [0.2, 0.25) is 0 Å². The Kier molecular flexibility index (Phi) is 6.08. The van der Waals surface area contributed by atoms with Crippen molar-refractivity contribution in [2.75, 3.05) is 12.8 Å². The SMILES string of the molecule is CS(=O)(=O)NCCc1ccc(C(=O)NCc2nnc3ccc(C(F)(F)F)cn23)cc1. The lowest BCUT2D eigenvalue weighted by Crippen LogP contribution is -2.25. The summed E-state index contributed by atoms with van der Waals surface area (Å²) in [4.78, 5) is 12.3. The molecule has 2 aromatic heterocycles. The summed E-state index contributed by atoms with van der Waals surface area (Å²) in [7, 11) is -3.26. The number of alkyl halides is 3. The summed E-state index contributed by atoms with van der Waals surface area (Å²) < 4.78 is 64.4. The first-order valence-corrected chi connectivity index (χ1v) is 10.6. The number of sulfonamides is 1. The van der Waals surface area contributed by atoms with Crippen LogP contribution in [0.3, 0.4) is 0 Å². The van der Waals surface area contributed by atoms with Crippen LogP contribution in [0.25, 0.3) is 5.65 Å². The number of nitrogens with zero attached hydrogens (tertiary/aromatic N) is 3. The fraction of sp³-hybridized carbons (Fsp3) is 0.278. The van der Waals surface area contributed by atoms with Crippen LogP contribution >= 0.6 is 0 Å². The van der Waals surface area contributed by atoms with E-state index >= 15 is 0 Å². The molecule has 2 N–H and O–H groups in total. The molecule has 0 aliphatic heterocycles. The van der Waals surface area contributed by atoms with E-state index in [4.69, 9.17) is 0 Å². The molecule has 1 amide bonds. The van der Waals surface area contributed by atoms with Crippen LogP contribution in [0, 0.1) is 0 Å². The molecule has 0 radical (unpaired) electrons. The van der Waals surface area contributed by atoms with Crippen molar-refractivity contribution in [1.29, 1.82) is 0 Å². The van der Waals surface area contributed by atoms with Crippen molar-refractivity contribution < 1.29 is 26.4 Å². The predicted octanol–water partition coefficient (Wildman–Crippen LogP) is 1.77. The van der Waals surface area contributed by atoms with Crippen LogP contribution in [0.1, 0.15) is 27.3 Å². The Labute approximate surface area is 170 Å². The highest BCUT2D eigenvalue weighted by molar-refractivity contribution is 7.88. The Morgan fingerprint density at radius 3 is 2.43 bits per heavy atom. The fourth-order valence-electron chi connectivity index (χ4n) is 2.69. The van der Waals surface area contributed by atoms with Gasteiger partial charge in [0.2, 0.25) is 10.0 Å². The molecule has 8 nitrogen and oxygen atoms in total. The average molecular weight is 441 g/mol. The molecule has 0 unspecified atom stereocenters. The van der Waals surface area contributed by atoms with Gasteiger partial charge in [0.05, 0.1) is 18.4 Å². The lowest BCUT2D eigenvalue weighted by atomic mass is 10.1. The normalized spacial score (nSPS) is 12.3. The summed E-state index contributed by atoms with van der Waals surface area (Å²) in [5, 5.41) is 10.2. The van der Waals surface area contributed by atoms with Crippen molar-refractivity contribution >= 4 is 21.6 Å². The largest absolute Gasteiger partial charge is 0.417 e. The van der Waals surface area contributed by atoms with E-state index < -0.39 is 27.7 Å². The molecule has 0 atom stereocenters. The second kappa shape index (κ2) is 8.40. The third-order valence-corrected chi connectivity index (χ3v) is 4.93. The first kappa shape index (κ1) is 21.7. The monoisotopic (exact) mass is 441 g/mol. The smallest absolute Gasteiger partial charge is 0.345 e. The van der Waals surface area contributed by atoms with Gasteiger partial charge in [-0.15, -0.1) is 10.2 Å². The van der Waals surface area contributed by atoms with Gasteiger partial charge in [-0.1, -0.05) is 12.1 Å². The molecular weight excluding hydrogens is 423 g/mol. The molecule has 0 spiro atoms. The summed E-state index contributed by atoms with van der Waals surface area (Å²) in [6.45, 7) is 0.131. The summed E-state index contributed by atoms with van der Waals surface area (Å²) in [5.41, 5.74) is 0.577. The molecule has 0 saturated carbocycles. The highest BCUT2D eigenvalue weighted by atomic mass is 32.2. The summed E-state index contributed by atoms with van der Waals surface area (Å²) in [5.74, 6) is -0.271. The van der Waals surface area contributed by atoms with E-state index in [0.29, 0.717) is 12.0 Å². The topological polar surface area (TPSA) is 105 Å². The zero-order valence-electron chi connectivity index (χ0n) is 15.8. The van der Waals surface area contributed by atoms with Crippen molar-refractivity contribution in [3.63, 3.8) is 0 Å². The Hall–Kier alpha value is -2.99. The maximum absolute atomic E-state index is 12.9. The second-order valence-corrected chi connectivity index (χ2v) is 8.39. The molecule has 0 saturated heterocycles. The van der Waals surface area contributed by atoms with Crippen LogP contribution in [0.4, 0.5) is 13.2 Å². The van der Waals surface area contributed by atoms with E-state index in [1.54, 1.807) is 24.3 Å². The third-order valence-electron chi connectivity index (χ3n) is 4.20. The summed E-state index contributed by atoms with van der Waals surface area (Å²) in [6, 6.07) is 8.67. The van der Waals surface area contributed by atoms with Crippen LogP contribution < -0.4 is 10.0 Å². The molecule has 0 aliphatic rings. The number of hydrogen-bond acceptors (Lipinski definition) is 5. The predicted molar refractivity (Wildman–Crippen MR) is 102 cm³/mol. The van der Waals surface area contributed by atoms with Gasteiger partial charge >= 0.3 is 6.18 Å². The van der Waals surface area contributed by atoms with Crippen LogP contribution in [-0.4, -0.2) is 41.7 Å². The molecule has 12 heteroatoms. The number of benzene rings is 1. The van der Waals surface area contributed by atoms with Gasteiger partial charge in [-0.3, -0.25) is 9.20 Å². The number of nitrogens with one attached hydrogen (secondary N) is 2. The minimum Gasteiger partial charge on any atom is -0.345 e. The first-order chi connectivity index (χ1) is 14.0. The number of carbonyl (C=O) groups is 1. The Balaban J connectivity index is 1.63. The number of halogens is 3. The Morgan fingerprint density at radius 2 is 1.80 bits per heavy atom. The zero-order valence-corrected chi connectivity index (χ0v) is 16.6. The third kappa shape index (κ3) is 5.54. The second-order valence-electron chi connectivity index (χ2n) is 6.56. The number of aromatic nitrogens is 3. The maximum Gasteiger partial charge on any atom is 0.417 e. The van der Waals surface area contributed by atoms with Gasteiger partial charge in [0, 0.05) is 18.3 Å². The molecule has 0 aliphatic carbocycles. The molecule has 160 valence electrons. The Bertz CT molecular complexity index is 1160. The number of carbonyl (C=O) groups excluding carboxylic acids is 1. The number of hydrogen-bond donors (Lipinski definition) is 2. The van der Waals surface area contributed by atoms with Crippen molar-refractivity contribution in [3.8, 4) is 0 Å². The van der Waals surface area contributed by atoms with Gasteiger partial charge in [-0.2, -0.15) is 13.2 Å². The van der Waals surface area contributed by atoms with E-state index in [0.717, 1.165) is 24.1 Å². The molecule has 3 aromatic rings. The number of fused-ring (bicyclic) bond motifs is 1. The molecule has 3 rings (SSSR count). The van der Waals surface area contributed by atoms with Gasteiger partial charge in [-0.25, -0.2) is 13.1 Å². The van der Waals surface area contributed by atoms with Crippen LogP contribution in [-0.2, 0) is 29.2 Å². The van der Waals surface area contributed by atoms with Crippen molar-refractivity contribution in [2.24, 2.45) is 0 Å². The van der Waals surface area contributed by atoms with Crippen molar-refractivity contribution in [3.05, 3.63) is 65.1 Å². The first-order valence-electron chi connectivity index (χ1n) is 8.75. The quantitative estimate of drug-likeness (QED) is 0.582. The number of pyridine rings is 1. The minimum atomic E-state index is -4.50. The summed E-state index contributed by atoms with van der Waals surface area (Å²) in [6.07, 6.45) is -2.08. The van der Waals surface area contributed by atoms with Crippen LogP contribution in [0.5, 0.6) is 0 Å². The van der Waals surface area contributed by atoms with Gasteiger partial charge in [-0.05, 0) is 36.2 Å². The molecular formula is C18H18F3N5O3S. The molecule has 1 aromatic carbocycles. The Morgan fingerprint density at radius 1 is 1.10 bits per heavy atom. The average Bonchev–Trinajstić information content (AvgIpc) is 3.07. The lowest BCUT2D eigenvalue weighted by Gasteiger charge is -2.08.